The Hall–Kier alpha value is -1.95. The topological polar surface area (TPSA) is 61.9 Å². The summed E-state index contributed by atoms with van der Waals surface area (Å²) in [5, 5.41) is 3.48. The van der Waals surface area contributed by atoms with Crippen LogP contribution in [0.3, 0.4) is 0 Å². The highest BCUT2D eigenvalue weighted by molar-refractivity contribution is 6.30. The van der Waals surface area contributed by atoms with Crippen LogP contribution in [0.2, 0.25) is 5.02 Å². The highest BCUT2D eigenvalue weighted by Gasteiger charge is 2.24. The van der Waals surface area contributed by atoms with E-state index in [2.05, 4.69) is 5.32 Å². The number of piperazine rings is 1. The lowest BCUT2D eigenvalue weighted by Crippen LogP contribution is -2.54. The smallest absolute Gasteiger partial charge is 0.317 e. The molecule has 1 aliphatic rings. The average molecular weight is 340 g/mol. The summed E-state index contributed by atoms with van der Waals surface area (Å²) in [5.74, 6) is 0.529. The molecular formula is C16H22ClN3O3. The number of hydrogen-bond donors (Lipinski definition) is 1. The van der Waals surface area contributed by atoms with Crippen LogP contribution >= 0.6 is 11.6 Å². The van der Waals surface area contributed by atoms with E-state index < -0.39 is 0 Å². The number of nitrogens with one attached hydrogen (secondary N) is 1. The van der Waals surface area contributed by atoms with Gasteiger partial charge in [0.05, 0.1) is 0 Å². The van der Waals surface area contributed by atoms with Crippen LogP contribution < -0.4 is 10.1 Å². The van der Waals surface area contributed by atoms with Gasteiger partial charge in [-0.25, -0.2) is 4.79 Å². The van der Waals surface area contributed by atoms with Gasteiger partial charge in [-0.2, -0.15) is 0 Å². The van der Waals surface area contributed by atoms with E-state index in [1.165, 1.54) is 0 Å². The van der Waals surface area contributed by atoms with Crippen LogP contribution in [-0.2, 0) is 4.79 Å². The van der Waals surface area contributed by atoms with Crippen LogP contribution in [0.25, 0.3) is 0 Å². The van der Waals surface area contributed by atoms with Crippen molar-refractivity contribution in [1.29, 1.82) is 0 Å². The molecular weight excluding hydrogens is 318 g/mol. The molecule has 0 spiro atoms. The minimum atomic E-state index is -0.0798. The highest BCUT2D eigenvalue weighted by Crippen LogP contribution is 2.15. The fourth-order valence-electron chi connectivity index (χ4n) is 2.26. The molecule has 0 unspecified atom stereocenters. The summed E-state index contributed by atoms with van der Waals surface area (Å²) in [4.78, 5) is 27.5. The molecule has 1 aliphatic heterocycles. The van der Waals surface area contributed by atoms with Crippen LogP contribution in [0, 0.1) is 0 Å². The van der Waals surface area contributed by atoms with Gasteiger partial charge in [-0.05, 0) is 38.1 Å². The molecule has 126 valence electrons. The first-order valence-corrected chi connectivity index (χ1v) is 8.05. The van der Waals surface area contributed by atoms with Crippen molar-refractivity contribution < 1.29 is 14.3 Å². The van der Waals surface area contributed by atoms with Crippen molar-refractivity contribution in [2.24, 2.45) is 0 Å². The van der Waals surface area contributed by atoms with Crippen molar-refractivity contribution in [3.05, 3.63) is 29.3 Å². The maximum atomic E-state index is 12.1. The fraction of sp³-hybridized carbons (Fsp3) is 0.500. The van der Waals surface area contributed by atoms with Crippen molar-refractivity contribution in [3.63, 3.8) is 0 Å². The van der Waals surface area contributed by atoms with E-state index in [9.17, 15) is 9.59 Å². The fourth-order valence-corrected chi connectivity index (χ4v) is 2.39. The van der Waals surface area contributed by atoms with E-state index in [1.807, 2.05) is 13.8 Å². The van der Waals surface area contributed by atoms with Gasteiger partial charge in [-0.15, -0.1) is 0 Å². The summed E-state index contributed by atoms with van der Waals surface area (Å²) in [5.41, 5.74) is 0. The Morgan fingerprint density at radius 3 is 2.26 bits per heavy atom. The van der Waals surface area contributed by atoms with Gasteiger partial charge < -0.3 is 19.9 Å². The molecule has 6 nitrogen and oxygen atoms in total. The molecule has 23 heavy (non-hydrogen) atoms. The number of rotatable bonds is 4. The van der Waals surface area contributed by atoms with E-state index in [0.29, 0.717) is 37.0 Å². The Labute approximate surface area is 141 Å². The summed E-state index contributed by atoms with van der Waals surface area (Å²) in [6, 6.07) is 6.91. The number of hydrogen-bond acceptors (Lipinski definition) is 3. The Balaban J connectivity index is 1.75. The molecule has 1 aromatic carbocycles. The molecule has 0 radical (unpaired) electrons. The predicted octanol–water partition coefficient (Wildman–Crippen LogP) is 1.98. The Morgan fingerprint density at radius 1 is 1.13 bits per heavy atom. The summed E-state index contributed by atoms with van der Waals surface area (Å²) in [7, 11) is 0. The minimum Gasteiger partial charge on any atom is -0.484 e. The lowest BCUT2D eigenvalue weighted by atomic mass is 10.3. The maximum Gasteiger partial charge on any atom is 0.317 e. The first-order valence-electron chi connectivity index (χ1n) is 7.67. The molecule has 3 amide bonds. The molecule has 0 aromatic heterocycles. The molecule has 0 aliphatic carbocycles. The molecule has 1 saturated heterocycles. The molecule has 1 fully saturated rings. The van der Waals surface area contributed by atoms with Crippen LogP contribution in [0.1, 0.15) is 13.8 Å². The lowest BCUT2D eigenvalue weighted by molar-refractivity contribution is -0.134. The molecule has 1 heterocycles. The van der Waals surface area contributed by atoms with E-state index in [1.54, 1.807) is 34.1 Å². The molecule has 0 saturated carbocycles. The number of ether oxygens (including phenoxy) is 1. The second kappa shape index (κ2) is 8.06. The summed E-state index contributed by atoms with van der Waals surface area (Å²) in [6.07, 6.45) is 0. The molecule has 1 N–H and O–H groups in total. The summed E-state index contributed by atoms with van der Waals surface area (Å²) < 4.78 is 5.46. The summed E-state index contributed by atoms with van der Waals surface area (Å²) >= 11 is 5.80. The number of carbonyl (C=O) groups excluding carboxylic acids is 2. The number of carbonyl (C=O) groups is 2. The third-order valence-electron chi connectivity index (χ3n) is 3.51. The second-order valence-corrected chi connectivity index (χ2v) is 6.15. The van der Waals surface area contributed by atoms with Gasteiger partial charge in [0.25, 0.3) is 5.91 Å². The van der Waals surface area contributed by atoms with Gasteiger partial charge in [-0.1, -0.05) is 11.6 Å². The van der Waals surface area contributed by atoms with Gasteiger partial charge in [0.1, 0.15) is 5.75 Å². The Morgan fingerprint density at radius 2 is 1.70 bits per heavy atom. The first kappa shape index (κ1) is 17.4. The summed E-state index contributed by atoms with van der Waals surface area (Å²) in [6.45, 7) is 5.94. The van der Waals surface area contributed by atoms with Crippen LogP contribution in [0.5, 0.6) is 5.75 Å². The molecule has 0 bridgehead atoms. The third-order valence-corrected chi connectivity index (χ3v) is 3.76. The van der Waals surface area contributed by atoms with Crippen LogP contribution in [0.15, 0.2) is 24.3 Å². The number of halogens is 1. The SMILES string of the molecule is CC(C)NC(=O)N1CCN(C(=O)COc2ccc(Cl)cc2)CC1. The van der Waals surface area contributed by atoms with Gasteiger partial charge in [0, 0.05) is 37.2 Å². The Bertz CT molecular complexity index is 540. The normalized spacial score (nSPS) is 14.8. The van der Waals surface area contributed by atoms with Gasteiger partial charge >= 0.3 is 6.03 Å². The maximum absolute atomic E-state index is 12.1. The zero-order valence-corrected chi connectivity index (χ0v) is 14.2. The number of urea groups is 1. The lowest BCUT2D eigenvalue weighted by Gasteiger charge is -2.35. The van der Waals surface area contributed by atoms with Crippen molar-refractivity contribution in [2.45, 2.75) is 19.9 Å². The van der Waals surface area contributed by atoms with Gasteiger partial charge in [0.2, 0.25) is 0 Å². The van der Waals surface area contributed by atoms with E-state index in [0.717, 1.165) is 0 Å². The van der Waals surface area contributed by atoms with E-state index >= 15 is 0 Å². The first-order chi connectivity index (χ1) is 11.0. The van der Waals surface area contributed by atoms with E-state index in [4.69, 9.17) is 16.3 Å². The largest absolute Gasteiger partial charge is 0.484 e. The number of nitrogens with zero attached hydrogens (tertiary/aromatic N) is 2. The van der Waals surface area contributed by atoms with Crippen molar-refractivity contribution in [2.75, 3.05) is 32.8 Å². The monoisotopic (exact) mass is 339 g/mol. The Kier molecular flexibility index (Phi) is 6.10. The zero-order valence-electron chi connectivity index (χ0n) is 13.4. The molecule has 2 rings (SSSR count). The molecule has 7 heteroatoms. The zero-order chi connectivity index (χ0) is 16.8. The van der Waals surface area contributed by atoms with Crippen LogP contribution in [-0.4, -0.2) is 60.6 Å². The highest BCUT2D eigenvalue weighted by atomic mass is 35.5. The quantitative estimate of drug-likeness (QED) is 0.912. The second-order valence-electron chi connectivity index (χ2n) is 5.71. The van der Waals surface area contributed by atoms with Gasteiger partial charge in [-0.3, -0.25) is 4.79 Å². The van der Waals surface area contributed by atoms with Gasteiger partial charge in [0.15, 0.2) is 6.61 Å². The van der Waals surface area contributed by atoms with Crippen molar-refractivity contribution in [3.8, 4) is 5.75 Å². The van der Waals surface area contributed by atoms with Crippen molar-refractivity contribution in [1.82, 2.24) is 15.1 Å². The molecule has 0 atom stereocenters. The predicted molar refractivity (Wildman–Crippen MR) is 88.8 cm³/mol. The van der Waals surface area contributed by atoms with E-state index in [-0.39, 0.29) is 24.6 Å². The van der Waals surface area contributed by atoms with Crippen LogP contribution in [0.4, 0.5) is 4.79 Å². The standard InChI is InChI=1S/C16H22ClN3O3/c1-12(2)18-16(22)20-9-7-19(8-10-20)15(21)11-23-14-5-3-13(17)4-6-14/h3-6,12H,7-11H2,1-2H3,(H,18,22). The number of benzene rings is 1. The minimum absolute atomic E-state index is 0.0141. The third kappa shape index (κ3) is 5.32. The molecule has 1 aromatic rings. The average Bonchev–Trinajstić information content (AvgIpc) is 2.53. The van der Waals surface area contributed by atoms with Crippen molar-refractivity contribution >= 4 is 23.5 Å². The number of amides is 3.